The lowest BCUT2D eigenvalue weighted by Gasteiger charge is -2.31. The topological polar surface area (TPSA) is 49.4 Å². The lowest BCUT2D eigenvalue weighted by atomic mass is 9.94. The van der Waals surface area contributed by atoms with E-state index in [4.69, 9.17) is 0 Å². The molecule has 0 unspecified atom stereocenters. The standard InChI is InChI=1S/C21H24N2O2S/c1-23(16-8-3-2-4-9-16)21(25)18-11-5-6-12-19(18)22-20(24)14-13-17-10-7-15-26-17/h5-7,10-16H,2-4,8-9H2,1H3,(H,22,24)/b14-13+. The van der Waals surface area contributed by atoms with Crippen LogP contribution in [-0.2, 0) is 4.79 Å². The Kier molecular flexibility index (Phi) is 6.23. The van der Waals surface area contributed by atoms with E-state index in [9.17, 15) is 9.59 Å². The molecule has 0 aliphatic heterocycles. The van der Waals surface area contributed by atoms with Crippen molar-refractivity contribution >= 4 is 34.9 Å². The largest absolute Gasteiger partial charge is 0.339 e. The van der Waals surface area contributed by atoms with Crippen LogP contribution in [0.2, 0.25) is 0 Å². The predicted octanol–water partition coefficient (Wildman–Crippen LogP) is 4.80. The summed E-state index contributed by atoms with van der Waals surface area (Å²) in [5.41, 5.74) is 1.10. The molecule has 3 rings (SSSR count). The van der Waals surface area contributed by atoms with Crippen LogP contribution in [0.4, 0.5) is 5.69 Å². The summed E-state index contributed by atoms with van der Waals surface area (Å²) >= 11 is 1.57. The number of nitrogens with zero attached hydrogens (tertiary/aromatic N) is 1. The summed E-state index contributed by atoms with van der Waals surface area (Å²) < 4.78 is 0. The fourth-order valence-electron chi connectivity index (χ4n) is 3.32. The number of amides is 2. The van der Waals surface area contributed by atoms with Crippen LogP contribution in [0.15, 0.2) is 47.9 Å². The molecule has 1 aliphatic rings. The van der Waals surface area contributed by atoms with Gasteiger partial charge in [0.1, 0.15) is 0 Å². The molecule has 2 amide bonds. The van der Waals surface area contributed by atoms with Crippen molar-refractivity contribution in [3.63, 3.8) is 0 Å². The summed E-state index contributed by atoms with van der Waals surface area (Å²) in [6, 6.07) is 11.4. The van der Waals surface area contributed by atoms with Gasteiger partial charge in [-0.25, -0.2) is 0 Å². The number of anilines is 1. The minimum absolute atomic E-state index is 0.0324. The van der Waals surface area contributed by atoms with Crippen molar-refractivity contribution in [1.82, 2.24) is 4.90 Å². The Hall–Kier alpha value is -2.40. The molecule has 1 aromatic carbocycles. The van der Waals surface area contributed by atoms with Crippen LogP contribution >= 0.6 is 11.3 Å². The van der Waals surface area contributed by atoms with Crippen molar-refractivity contribution in [2.24, 2.45) is 0 Å². The molecule has 136 valence electrons. The maximum Gasteiger partial charge on any atom is 0.255 e. The van der Waals surface area contributed by atoms with Gasteiger partial charge in [-0.15, -0.1) is 11.3 Å². The Morgan fingerprint density at radius 3 is 2.62 bits per heavy atom. The highest BCUT2D eigenvalue weighted by Crippen LogP contribution is 2.25. The molecular weight excluding hydrogens is 344 g/mol. The molecule has 0 saturated heterocycles. The smallest absolute Gasteiger partial charge is 0.255 e. The van der Waals surface area contributed by atoms with Crippen molar-refractivity contribution in [3.05, 3.63) is 58.3 Å². The van der Waals surface area contributed by atoms with Gasteiger partial charge in [-0.2, -0.15) is 0 Å². The molecule has 1 saturated carbocycles. The summed E-state index contributed by atoms with van der Waals surface area (Å²) in [5.74, 6) is -0.269. The number of carbonyl (C=O) groups excluding carboxylic acids is 2. The van der Waals surface area contributed by atoms with Crippen molar-refractivity contribution in [2.75, 3.05) is 12.4 Å². The third-order valence-electron chi connectivity index (χ3n) is 4.80. The van der Waals surface area contributed by atoms with Crippen LogP contribution in [0.5, 0.6) is 0 Å². The van der Waals surface area contributed by atoms with Gasteiger partial charge >= 0.3 is 0 Å². The van der Waals surface area contributed by atoms with E-state index in [1.807, 2.05) is 41.6 Å². The first-order valence-electron chi connectivity index (χ1n) is 9.04. The zero-order valence-corrected chi connectivity index (χ0v) is 15.8. The number of benzene rings is 1. The van der Waals surface area contributed by atoms with Crippen LogP contribution in [0, 0.1) is 0 Å². The van der Waals surface area contributed by atoms with Crippen LogP contribution in [-0.4, -0.2) is 29.8 Å². The van der Waals surface area contributed by atoms with E-state index in [1.165, 1.54) is 25.3 Å². The average Bonchev–Trinajstić information content (AvgIpc) is 3.20. The normalized spacial score (nSPS) is 15.1. The molecule has 0 spiro atoms. The predicted molar refractivity (Wildman–Crippen MR) is 107 cm³/mol. The molecule has 1 N–H and O–H groups in total. The first-order valence-corrected chi connectivity index (χ1v) is 9.92. The van der Waals surface area contributed by atoms with E-state index in [1.54, 1.807) is 29.5 Å². The third kappa shape index (κ3) is 4.61. The van der Waals surface area contributed by atoms with Gasteiger partial charge in [-0.3, -0.25) is 9.59 Å². The minimum Gasteiger partial charge on any atom is -0.339 e. The van der Waals surface area contributed by atoms with Gasteiger partial charge in [0.25, 0.3) is 5.91 Å². The molecule has 2 aromatic rings. The summed E-state index contributed by atoms with van der Waals surface area (Å²) in [5, 5.41) is 4.81. The first-order chi connectivity index (χ1) is 12.6. The quantitative estimate of drug-likeness (QED) is 0.770. The molecule has 1 aliphatic carbocycles. The van der Waals surface area contributed by atoms with Crippen LogP contribution in [0.1, 0.15) is 47.3 Å². The lowest BCUT2D eigenvalue weighted by Crippen LogP contribution is -2.38. The molecule has 26 heavy (non-hydrogen) atoms. The number of rotatable bonds is 5. The fraction of sp³-hybridized carbons (Fsp3) is 0.333. The maximum atomic E-state index is 12.9. The second kappa shape index (κ2) is 8.81. The number of hydrogen-bond acceptors (Lipinski definition) is 3. The van der Waals surface area contributed by atoms with E-state index in [0.29, 0.717) is 17.3 Å². The minimum atomic E-state index is -0.237. The average molecular weight is 369 g/mol. The highest BCUT2D eigenvalue weighted by atomic mass is 32.1. The number of nitrogens with one attached hydrogen (secondary N) is 1. The summed E-state index contributed by atoms with van der Waals surface area (Å²) in [6.07, 6.45) is 8.99. The van der Waals surface area contributed by atoms with Crippen molar-refractivity contribution in [3.8, 4) is 0 Å². The Morgan fingerprint density at radius 1 is 1.12 bits per heavy atom. The van der Waals surface area contributed by atoms with Gasteiger partial charge in [-0.1, -0.05) is 37.5 Å². The van der Waals surface area contributed by atoms with E-state index >= 15 is 0 Å². The SMILES string of the molecule is CN(C(=O)c1ccccc1NC(=O)/C=C/c1cccs1)C1CCCCC1. The Labute approximate surface area is 158 Å². The van der Waals surface area contributed by atoms with Gasteiger partial charge < -0.3 is 10.2 Å². The van der Waals surface area contributed by atoms with E-state index in [0.717, 1.165) is 17.7 Å². The molecule has 0 atom stereocenters. The summed E-state index contributed by atoms with van der Waals surface area (Å²) in [4.78, 5) is 28.0. The summed E-state index contributed by atoms with van der Waals surface area (Å²) in [7, 11) is 1.87. The Balaban J connectivity index is 1.70. The van der Waals surface area contributed by atoms with Gasteiger partial charge in [0.05, 0.1) is 11.3 Å². The number of thiophene rings is 1. The second-order valence-electron chi connectivity index (χ2n) is 6.59. The van der Waals surface area contributed by atoms with Gasteiger partial charge in [0, 0.05) is 24.0 Å². The first kappa shape index (κ1) is 18.4. The second-order valence-corrected chi connectivity index (χ2v) is 7.57. The zero-order chi connectivity index (χ0) is 18.4. The van der Waals surface area contributed by atoms with E-state index in [2.05, 4.69) is 5.32 Å². The molecule has 0 radical (unpaired) electrons. The number of para-hydroxylation sites is 1. The molecule has 0 bridgehead atoms. The zero-order valence-electron chi connectivity index (χ0n) is 15.0. The third-order valence-corrected chi connectivity index (χ3v) is 5.64. The fourth-order valence-corrected chi connectivity index (χ4v) is 3.94. The molecule has 1 fully saturated rings. The van der Waals surface area contributed by atoms with Crippen LogP contribution < -0.4 is 5.32 Å². The lowest BCUT2D eigenvalue weighted by molar-refractivity contribution is -0.111. The molecule has 4 nitrogen and oxygen atoms in total. The molecule has 5 heteroatoms. The number of hydrogen-bond donors (Lipinski definition) is 1. The van der Waals surface area contributed by atoms with Crippen molar-refractivity contribution in [1.29, 1.82) is 0 Å². The van der Waals surface area contributed by atoms with Crippen molar-refractivity contribution in [2.45, 2.75) is 38.1 Å². The molecule has 1 aromatic heterocycles. The van der Waals surface area contributed by atoms with Gasteiger partial charge in [0.2, 0.25) is 5.91 Å². The monoisotopic (exact) mass is 368 g/mol. The molecular formula is C21H24N2O2S. The van der Waals surface area contributed by atoms with E-state index < -0.39 is 0 Å². The van der Waals surface area contributed by atoms with E-state index in [-0.39, 0.29) is 11.8 Å². The highest BCUT2D eigenvalue weighted by molar-refractivity contribution is 7.10. The maximum absolute atomic E-state index is 12.9. The Bertz CT molecular complexity index is 777. The Morgan fingerprint density at radius 2 is 1.88 bits per heavy atom. The van der Waals surface area contributed by atoms with Gasteiger partial charge in [0.15, 0.2) is 0 Å². The number of carbonyl (C=O) groups is 2. The van der Waals surface area contributed by atoms with Crippen LogP contribution in [0.25, 0.3) is 6.08 Å². The highest BCUT2D eigenvalue weighted by Gasteiger charge is 2.24. The molecule has 1 heterocycles. The van der Waals surface area contributed by atoms with Crippen molar-refractivity contribution < 1.29 is 9.59 Å². The summed E-state index contributed by atoms with van der Waals surface area (Å²) in [6.45, 7) is 0. The van der Waals surface area contributed by atoms with Crippen LogP contribution in [0.3, 0.4) is 0 Å². The van der Waals surface area contributed by atoms with Gasteiger partial charge in [-0.05, 0) is 42.5 Å².